The molecule has 11 aliphatic rings. The SMILES string of the molecule is C[C@@H]1CC[C@@]2(OC1)O[C@H]1C[C@H]3[C@@H]4CC=C5C[C@@H](O[C@@H]6O[C@H](CO)[C@@H](O[C@@H]7O[C@@H](C)[C@H](O[C@@H]8O[C@H](CO[C@@H]9O[C@H](CO)[C@@H](O)[C@H](O)[C@H]9O)[C@@H](O)[C@H](O)[C@H]8O)[C@@H](O)[C@H]7O)[C@H](O)[C@H]6O[C@@H]6O[C@@H](C)[C@H](O)[C@@H](O)[C@H]6O)CC[C@]5(C)[C@H]4CC[C@]3(C)[C@H]1[C@@H]2C. The van der Waals surface area contributed by atoms with Crippen LogP contribution in [-0.4, -0.2) is 269 Å². The van der Waals surface area contributed by atoms with Gasteiger partial charge in [-0.1, -0.05) is 39.3 Å². The Morgan fingerprint density at radius 3 is 1.80 bits per heavy atom. The average Bonchev–Trinajstić information content (AvgIpc) is 2.01. The second-order valence-electron chi connectivity index (χ2n) is 26.7. The fourth-order valence-corrected chi connectivity index (χ4v) is 16.9. The number of fused-ring (bicyclic) bond motifs is 7. The molecule has 7 saturated heterocycles. The Labute approximate surface area is 482 Å². The molecule has 7 aliphatic heterocycles. The molecular formula is C57H92O26. The van der Waals surface area contributed by atoms with Crippen molar-refractivity contribution in [2.24, 2.45) is 46.3 Å². The molecule has 0 aromatic carbocycles. The van der Waals surface area contributed by atoms with Crippen LogP contribution in [0.15, 0.2) is 11.6 Å². The smallest absolute Gasteiger partial charge is 0.187 e. The molecule has 10 fully saturated rings. The van der Waals surface area contributed by atoms with Crippen LogP contribution in [0.3, 0.4) is 0 Å². The van der Waals surface area contributed by atoms with E-state index < -0.39 is 185 Å². The van der Waals surface area contributed by atoms with Crippen LogP contribution in [0.4, 0.5) is 0 Å². The highest BCUT2D eigenvalue weighted by molar-refractivity contribution is 5.26. The van der Waals surface area contributed by atoms with Crippen LogP contribution in [0.5, 0.6) is 0 Å². The predicted octanol–water partition coefficient (Wildman–Crippen LogP) is -3.11. The van der Waals surface area contributed by atoms with Crippen molar-refractivity contribution in [2.45, 2.75) is 271 Å². The van der Waals surface area contributed by atoms with Gasteiger partial charge in [-0.2, -0.15) is 0 Å². The summed E-state index contributed by atoms with van der Waals surface area (Å²) < 4.78 is 73.5. The van der Waals surface area contributed by atoms with Gasteiger partial charge >= 0.3 is 0 Å². The molecule has 7 heterocycles. The minimum atomic E-state index is -1.99. The molecule has 26 heteroatoms. The first-order valence-electron chi connectivity index (χ1n) is 30.2. The van der Waals surface area contributed by atoms with E-state index in [0.717, 1.165) is 51.6 Å². The zero-order chi connectivity index (χ0) is 59.5. The number of aliphatic hydroxyl groups is 14. The monoisotopic (exact) mass is 1190 g/mol. The maximum Gasteiger partial charge on any atom is 0.187 e. The summed E-state index contributed by atoms with van der Waals surface area (Å²) in [7, 11) is 0. The van der Waals surface area contributed by atoms with Gasteiger partial charge in [-0.05, 0) is 106 Å². The largest absolute Gasteiger partial charge is 0.394 e. The second kappa shape index (κ2) is 24.5. The van der Waals surface area contributed by atoms with Gasteiger partial charge in [-0.3, -0.25) is 0 Å². The highest BCUT2D eigenvalue weighted by Gasteiger charge is 2.69. The molecule has 4 aliphatic carbocycles. The molecule has 0 amide bonds. The van der Waals surface area contributed by atoms with E-state index in [1.165, 1.54) is 19.4 Å². The Hall–Kier alpha value is -1.30. The van der Waals surface area contributed by atoms with Gasteiger partial charge in [0, 0.05) is 12.3 Å². The van der Waals surface area contributed by atoms with Gasteiger partial charge in [-0.15, -0.1) is 0 Å². The van der Waals surface area contributed by atoms with E-state index in [1.807, 2.05) is 0 Å². The van der Waals surface area contributed by atoms with Gasteiger partial charge in [0.2, 0.25) is 0 Å². The fraction of sp³-hybridized carbons (Fsp3) is 0.965. The van der Waals surface area contributed by atoms with Crippen LogP contribution in [0.2, 0.25) is 0 Å². The van der Waals surface area contributed by atoms with E-state index in [0.29, 0.717) is 48.3 Å². The quantitative estimate of drug-likeness (QED) is 0.0812. The van der Waals surface area contributed by atoms with Gasteiger partial charge in [0.15, 0.2) is 37.2 Å². The molecule has 0 aromatic heterocycles. The second-order valence-corrected chi connectivity index (χ2v) is 26.7. The van der Waals surface area contributed by atoms with E-state index >= 15 is 0 Å². The minimum Gasteiger partial charge on any atom is -0.394 e. The topological polar surface area (TPSA) is 394 Å². The lowest BCUT2D eigenvalue weighted by Crippen LogP contribution is -2.67. The molecule has 14 N–H and O–H groups in total. The molecule has 0 radical (unpaired) electrons. The maximum absolute atomic E-state index is 12.4. The number of ether oxygens (including phenoxy) is 12. The Bertz CT molecular complexity index is 2230. The fourth-order valence-electron chi connectivity index (χ4n) is 16.9. The molecule has 1 spiro atoms. The normalized spacial score (nSPS) is 57.3. The Kier molecular flexibility index (Phi) is 18.7. The first-order valence-corrected chi connectivity index (χ1v) is 30.2. The lowest BCUT2D eigenvalue weighted by molar-refractivity contribution is -0.395. The van der Waals surface area contributed by atoms with Crippen molar-refractivity contribution in [3.8, 4) is 0 Å². The molecular weight excluding hydrogens is 1100 g/mol. The summed E-state index contributed by atoms with van der Waals surface area (Å²) in [5, 5.41) is 152. The molecule has 83 heavy (non-hydrogen) atoms. The van der Waals surface area contributed by atoms with Gasteiger partial charge in [-0.25, -0.2) is 0 Å². The molecule has 0 bridgehead atoms. The van der Waals surface area contributed by atoms with Crippen LogP contribution >= 0.6 is 0 Å². The summed E-state index contributed by atoms with van der Waals surface area (Å²) in [5.74, 6) is 2.26. The summed E-state index contributed by atoms with van der Waals surface area (Å²) in [4.78, 5) is 0. The lowest BCUT2D eigenvalue weighted by Gasteiger charge is -2.59. The first kappa shape index (κ1) is 63.3. The first-order chi connectivity index (χ1) is 39.3. The van der Waals surface area contributed by atoms with E-state index in [-0.39, 0.29) is 16.9 Å². The van der Waals surface area contributed by atoms with Crippen molar-refractivity contribution >= 4 is 0 Å². The molecule has 36 atom stereocenters. The average molecular weight is 1190 g/mol. The van der Waals surface area contributed by atoms with Crippen molar-refractivity contribution in [1.29, 1.82) is 0 Å². The third kappa shape index (κ3) is 11.2. The number of hydrogen-bond acceptors (Lipinski definition) is 26. The summed E-state index contributed by atoms with van der Waals surface area (Å²) in [6, 6.07) is 0. The third-order valence-corrected chi connectivity index (χ3v) is 21.8. The highest BCUT2D eigenvalue weighted by Crippen LogP contribution is 2.71. The molecule has 476 valence electrons. The van der Waals surface area contributed by atoms with Crippen LogP contribution in [-0.2, 0) is 56.8 Å². The summed E-state index contributed by atoms with van der Waals surface area (Å²) in [6.07, 6.45) is -31.0. The number of allylic oxidation sites excluding steroid dienone is 1. The predicted molar refractivity (Wildman–Crippen MR) is 278 cm³/mol. The van der Waals surface area contributed by atoms with Gasteiger partial charge in [0.25, 0.3) is 0 Å². The number of hydrogen-bond donors (Lipinski definition) is 14. The zero-order valence-electron chi connectivity index (χ0n) is 48.0. The van der Waals surface area contributed by atoms with Crippen molar-refractivity contribution in [1.82, 2.24) is 0 Å². The third-order valence-electron chi connectivity index (χ3n) is 21.8. The van der Waals surface area contributed by atoms with Crippen LogP contribution < -0.4 is 0 Å². The Morgan fingerprint density at radius 1 is 0.530 bits per heavy atom. The van der Waals surface area contributed by atoms with E-state index in [2.05, 4.69) is 33.8 Å². The van der Waals surface area contributed by atoms with E-state index in [9.17, 15) is 71.5 Å². The highest BCUT2D eigenvalue weighted by atomic mass is 16.8. The lowest BCUT2D eigenvalue weighted by atomic mass is 9.47. The van der Waals surface area contributed by atoms with Crippen molar-refractivity contribution in [3.63, 3.8) is 0 Å². The summed E-state index contributed by atoms with van der Waals surface area (Å²) >= 11 is 0. The number of rotatable bonds is 13. The van der Waals surface area contributed by atoms with Crippen LogP contribution in [0.1, 0.15) is 99.3 Å². The number of aliphatic hydroxyl groups excluding tert-OH is 14. The molecule has 0 aromatic rings. The standard InChI is InChI=1S/C57H92O26/c1-21-9-14-57(73-19-21)22(2)34-30(83-57)16-29-27-8-7-25-15-26(10-12-55(25,5)28(27)11-13-56(29,34)6)76-54-49(82-51-43(68)38(63)35(60)23(3)74-51)46(71)48(32(18-59)78-54)81-52-45(70)41(66)47(24(4)75-52)80-53-44(69)40(65)37(62)33(79-53)20-72-50-42(67)39(64)36(61)31(17-58)77-50/h7,21-24,26-54,58-71H,8-20H2,1-6H3/t21-,22+,23+,24+,26+,27-,28+,29+,30+,31-,32-,33-,34+,35+,36-,37-,38-,39+,40+,41+,42-,43-,44-,45-,46+,47+,48-,49-,50-,51+,52+,53+,54-,55+,56+,57-/m1/s1. The maximum atomic E-state index is 12.4. The van der Waals surface area contributed by atoms with Gasteiger partial charge in [0.1, 0.15) is 110 Å². The van der Waals surface area contributed by atoms with E-state index in [4.69, 9.17) is 56.8 Å². The molecule has 3 saturated carbocycles. The van der Waals surface area contributed by atoms with Crippen molar-refractivity contribution < 1.29 is 128 Å². The summed E-state index contributed by atoms with van der Waals surface area (Å²) in [5.41, 5.74) is 1.33. The van der Waals surface area contributed by atoms with Crippen LogP contribution in [0, 0.1) is 46.3 Å². The van der Waals surface area contributed by atoms with Gasteiger partial charge in [0.05, 0.1) is 50.8 Å². The Morgan fingerprint density at radius 2 is 1.12 bits per heavy atom. The minimum absolute atomic E-state index is 0.0994. The zero-order valence-corrected chi connectivity index (χ0v) is 48.0. The van der Waals surface area contributed by atoms with E-state index in [1.54, 1.807) is 0 Å². The van der Waals surface area contributed by atoms with Gasteiger partial charge < -0.3 is 128 Å². The van der Waals surface area contributed by atoms with Crippen molar-refractivity contribution in [3.05, 3.63) is 11.6 Å². The summed E-state index contributed by atoms with van der Waals surface area (Å²) in [6.45, 7) is 10.9. The van der Waals surface area contributed by atoms with Crippen LogP contribution in [0.25, 0.3) is 0 Å². The van der Waals surface area contributed by atoms with Crippen molar-refractivity contribution in [2.75, 3.05) is 26.4 Å². The molecule has 0 unspecified atom stereocenters. The molecule has 26 nitrogen and oxygen atoms in total. The Balaban J connectivity index is 0.755. The molecule has 11 rings (SSSR count).